The average molecular weight is 561 g/mol. The number of furan rings is 1. The molecule has 41 heavy (non-hydrogen) atoms. The molecule has 0 aliphatic heterocycles. The number of hydrogen-bond acceptors (Lipinski definition) is 4. The van der Waals surface area contributed by atoms with Gasteiger partial charge in [0.05, 0.1) is 17.1 Å². The van der Waals surface area contributed by atoms with Gasteiger partial charge in [-0.3, -0.25) is 4.79 Å². The van der Waals surface area contributed by atoms with Crippen LogP contribution in [0.1, 0.15) is 16.8 Å². The third-order valence-electron chi connectivity index (χ3n) is 7.29. The van der Waals surface area contributed by atoms with E-state index in [9.17, 15) is 9.18 Å². The van der Waals surface area contributed by atoms with Crippen molar-refractivity contribution in [3.63, 3.8) is 0 Å². The van der Waals surface area contributed by atoms with Crippen LogP contribution in [-0.4, -0.2) is 20.4 Å². The van der Waals surface area contributed by atoms with Crippen molar-refractivity contribution in [2.24, 2.45) is 5.10 Å². The zero-order valence-corrected chi connectivity index (χ0v) is 22.6. The van der Waals surface area contributed by atoms with Crippen LogP contribution >= 0.6 is 11.6 Å². The molecule has 0 unspecified atom stereocenters. The zero-order valence-electron chi connectivity index (χ0n) is 21.9. The molecule has 0 spiro atoms. The topological polar surface area (TPSA) is 65.3 Å². The van der Waals surface area contributed by atoms with Gasteiger partial charge in [0, 0.05) is 39.1 Å². The Morgan fingerprint density at radius 3 is 2.54 bits per heavy atom. The molecule has 0 bridgehead atoms. The number of fused-ring (bicyclic) bond motifs is 3. The van der Waals surface area contributed by atoms with Gasteiger partial charge in [0.1, 0.15) is 11.4 Å². The van der Waals surface area contributed by atoms with Crippen LogP contribution in [0, 0.1) is 12.7 Å². The van der Waals surface area contributed by atoms with E-state index in [0.717, 1.165) is 33.1 Å². The van der Waals surface area contributed by atoms with E-state index in [0.29, 0.717) is 33.8 Å². The van der Waals surface area contributed by atoms with Gasteiger partial charge in [-0.1, -0.05) is 54.1 Å². The van der Waals surface area contributed by atoms with Crippen molar-refractivity contribution in [3.8, 4) is 11.6 Å². The van der Waals surface area contributed by atoms with Crippen LogP contribution < -0.4 is 5.56 Å². The maximum absolute atomic E-state index is 13.7. The van der Waals surface area contributed by atoms with Crippen molar-refractivity contribution in [1.29, 1.82) is 0 Å². The Labute approximate surface area is 238 Å². The largest absolute Gasteiger partial charge is 0.453 e. The van der Waals surface area contributed by atoms with Gasteiger partial charge in [0.25, 0.3) is 5.56 Å². The summed E-state index contributed by atoms with van der Waals surface area (Å²) in [7, 11) is 0. The maximum atomic E-state index is 13.7. The monoisotopic (exact) mass is 560 g/mol. The fourth-order valence-corrected chi connectivity index (χ4v) is 5.41. The van der Waals surface area contributed by atoms with E-state index in [-0.39, 0.29) is 17.2 Å². The van der Waals surface area contributed by atoms with Gasteiger partial charge in [0.2, 0.25) is 5.82 Å². The van der Waals surface area contributed by atoms with Crippen LogP contribution in [0.15, 0.2) is 111 Å². The Morgan fingerprint density at radius 2 is 1.71 bits per heavy atom. The molecular weight excluding hydrogens is 539 g/mol. The van der Waals surface area contributed by atoms with Crippen molar-refractivity contribution >= 4 is 50.6 Å². The molecule has 0 atom stereocenters. The predicted molar refractivity (Wildman–Crippen MR) is 161 cm³/mol. The SMILES string of the molecule is Cc1c(C=Nn2c(-c3cc4cc(Cl)ccc4o3)nc3ccccc3c2=O)c2ccccc2n1Cc1ccc(F)cc1. The zero-order chi connectivity index (χ0) is 28.1. The lowest BCUT2D eigenvalue weighted by Crippen LogP contribution is -2.20. The Bertz CT molecular complexity index is 2190. The van der Waals surface area contributed by atoms with Crippen LogP contribution in [-0.2, 0) is 6.54 Å². The highest BCUT2D eigenvalue weighted by Gasteiger charge is 2.18. The van der Waals surface area contributed by atoms with E-state index in [4.69, 9.17) is 26.1 Å². The fourth-order valence-electron chi connectivity index (χ4n) is 5.23. The smallest absolute Gasteiger partial charge is 0.282 e. The molecule has 0 amide bonds. The first-order valence-electron chi connectivity index (χ1n) is 13.0. The summed E-state index contributed by atoms with van der Waals surface area (Å²) >= 11 is 6.19. The summed E-state index contributed by atoms with van der Waals surface area (Å²) in [6.07, 6.45) is 1.69. The Morgan fingerprint density at radius 1 is 0.951 bits per heavy atom. The van der Waals surface area contributed by atoms with Gasteiger partial charge >= 0.3 is 0 Å². The molecule has 0 saturated carbocycles. The molecule has 6 nitrogen and oxygen atoms in total. The first-order chi connectivity index (χ1) is 20.0. The van der Waals surface area contributed by atoms with Gasteiger partial charge in [-0.05, 0) is 67.1 Å². The molecule has 0 saturated heterocycles. The van der Waals surface area contributed by atoms with Crippen molar-refractivity contribution in [2.75, 3.05) is 0 Å². The number of hydrogen-bond donors (Lipinski definition) is 0. The molecule has 0 radical (unpaired) electrons. The molecule has 0 aliphatic carbocycles. The minimum Gasteiger partial charge on any atom is -0.453 e. The molecule has 3 aromatic heterocycles. The lowest BCUT2D eigenvalue weighted by Gasteiger charge is -2.09. The minimum atomic E-state index is -0.312. The van der Waals surface area contributed by atoms with Crippen molar-refractivity contribution in [3.05, 3.63) is 135 Å². The lowest BCUT2D eigenvalue weighted by atomic mass is 10.1. The van der Waals surface area contributed by atoms with Crippen molar-refractivity contribution < 1.29 is 8.81 Å². The molecular formula is C33H22ClFN4O2. The standard InChI is InChI=1S/C33H22ClFN4O2/c1-20-27(25-6-3-5-9-29(25)38(20)19-21-10-13-24(35)14-11-21)18-36-39-32(37-28-8-4-2-7-26(28)33(39)40)31-17-22-16-23(34)12-15-30(22)41-31/h2-18H,19H2,1H3. The van der Waals surface area contributed by atoms with E-state index in [2.05, 4.69) is 4.57 Å². The molecule has 4 aromatic carbocycles. The van der Waals surface area contributed by atoms with Crippen molar-refractivity contribution in [2.45, 2.75) is 13.5 Å². The Hall–Kier alpha value is -5.01. The highest BCUT2D eigenvalue weighted by Crippen LogP contribution is 2.30. The summed E-state index contributed by atoms with van der Waals surface area (Å²) in [6.45, 7) is 2.57. The van der Waals surface area contributed by atoms with Gasteiger partial charge in [-0.15, -0.1) is 0 Å². The predicted octanol–water partition coefficient (Wildman–Crippen LogP) is 7.80. The summed E-state index contributed by atoms with van der Waals surface area (Å²) in [5.41, 5.74) is 4.67. The second-order valence-electron chi connectivity index (χ2n) is 9.84. The van der Waals surface area contributed by atoms with E-state index in [1.807, 2.05) is 43.3 Å². The highest BCUT2D eigenvalue weighted by molar-refractivity contribution is 6.31. The van der Waals surface area contributed by atoms with Gasteiger partial charge < -0.3 is 8.98 Å². The summed E-state index contributed by atoms with van der Waals surface area (Å²) in [6, 6.07) is 28.8. The fraction of sp³-hybridized carbons (Fsp3) is 0.0606. The second kappa shape index (κ2) is 9.87. The summed E-state index contributed by atoms with van der Waals surface area (Å²) in [4.78, 5) is 18.5. The van der Waals surface area contributed by atoms with Crippen LogP contribution in [0.25, 0.3) is 44.4 Å². The van der Waals surface area contributed by atoms with E-state index in [1.165, 1.54) is 16.8 Å². The third-order valence-corrected chi connectivity index (χ3v) is 7.52. The van der Waals surface area contributed by atoms with Crippen LogP contribution in [0.2, 0.25) is 5.02 Å². The average Bonchev–Trinajstić information content (AvgIpc) is 3.52. The molecule has 8 heteroatoms. The van der Waals surface area contributed by atoms with Gasteiger partial charge in [-0.25, -0.2) is 9.37 Å². The van der Waals surface area contributed by atoms with E-state index < -0.39 is 0 Å². The second-order valence-corrected chi connectivity index (χ2v) is 10.3. The third kappa shape index (κ3) is 4.40. The van der Waals surface area contributed by atoms with Crippen LogP contribution in [0.3, 0.4) is 0 Å². The summed E-state index contributed by atoms with van der Waals surface area (Å²) in [5, 5.41) is 7.51. The first kappa shape index (κ1) is 25.0. The lowest BCUT2D eigenvalue weighted by molar-refractivity contribution is 0.616. The number of rotatable bonds is 5. The number of para-hydroxylation sites is 2. The maximum Gasteiger partial charge on any atom is 0.282 e. The van der Waals surface area contributed by atoms with Crippen LogP contribution in [0.5, 0.6) is 0 Å². The molecule has 3 heterocycles. The summed E-state index contributed by atoms with van der Waals surface area (Å²) in [5.74, 6) is 0.413. The molecule has 0 fully saturated rings. The molecule has 7 aromatic rings. The Kier molecular flexibility index (Phi) is 6.02. The molecule has 0 N–H and O–H groups in total. The number of aromatic nitrogens is 3. The van der Waals surface area contributed by atoms with E-state index >= 15 is 0 Å². The summed E-state index contributed by atoms with van der Waals surface area (Å²) < 4.78 is 23.1. The quantitative estimate of drug-likeness (QED) is 0.202. The number of nitrogens with zero attached hydrogens (tertiary/aromatic N) is 4. The highest BCUT2D eigenvalue weighted by atomic mass is 35.5. The Balaban J connectivity index is 1.40. The number of halogens is 2. The minimum absolute atomic E-state index is 0.270. The van der Waals surface area contributed by atoms with Gasteiger partial charge in [-0.2, -0.15) is 9.78 Å². The van der Waals surface area contributed by atoms with Crippen molar-refractivity contribution in [1.82, 2.24) is 14.2 Å². The molecule has 200 valence electrons. The molecule has 7 rings (SSSR count). The van der Waals surface area contributed by atoms with E-state index in [1.54, 1.807) is 54.7 Å². The normalized spacial score (nSPS) is 11.9. The number of benzene rings is 4. The van der Waals surface area contributed by atoms with Crippen LogP contribution in [0.4, 0.5) is 4.39 Å². The molecule has 0 aliphatic rings. The first-order valence-corrected chi connectivity index (χ1v) is 13.4. The van der Waals surface area contributed by atoms with Gasteiger partial charge in [0.15, 0.2) is 5.76 Å².